The van der Waals surface area contributed by atoms with Crippen LogP contribution in [0, 0.1) is 0 Å². The zero-order chi connectivity index (χ0) is 20.5. The first-order valence-electron chi connectivity index (χ1n) is 8.70. The SMILES string of the molecule is O=C(Nc1ccc(Br)cc1)c1ccc2nc(N=C3C(Cl)=CC(Cl)CC3Cl)[nH]c2c1. The van der Waals surface area contributed by atoms with Crippen LogP contribution >= 0.6 is 50.7 Å². The average molecular weight is 513 g/mol. The van der Waals surface area contributed by atoms with Crippen LogP contribution in [0.25, 0.3) is 11.0 Å². The fourth-order valence-corrected chi connectivity index (χ4v) is 4.40. The van der Waals surface area contributed by atoms with Crippen molar-refractivity contribution in [1.82, 2.24) is 9.97 Å². The highest BCUT2D eigenvalue weighted by Crippen LogP contribution is 2.29. The number of benzene rings is 2. The highest BCUT2D eigenvalue weighted by molar-refractivity contribution is 9.10. The molecule has 0 radical (unpaired) electrons. The molecule has 0 fully saturated rings. The molecule has 1 heterocycles. The molecule has 1 amide bonds. The lowest BCUT2D eigenvalue weighted by molar-refractivity contribution is 0.102. The topological polar surface area (TPSA) is 70.1 Å². The maximum atomic E-state index is 12.5. The number of nitrogens with zero attached hydrogens (tertiary/aromatic N) is 2. The molecule has 1 aliphatic carbocycles. The van der Waals surface area contributed by atoms with Crippen LogP contribution in [0.5, 0.6) is 0 Å². The highest BCUT2D eigenvalue weighted by atomic mass is 79.9. The Morgan fingerprint density at radius 1 is 1.21 bits per heavy atom. The maximum absolute atomic E-state index is 12.5. The number of aromatic nitrogens is 2. The number of carbonyl (C=O) groups excluding carboxylic acids is 1. The Hall–Kier alpha value is -1.86. The van der Waals surface area contributed by atoms with E-state index in [1.165, 1.54) is 0 Å². The quantitative estimate of drug-likeness (QED) is 0.399. The van der Waals surface area contributed by atoms with E-state index in [0.29, 0.717) is 45.4 Å². The summed E-state index contributed by atoms with van der Waals surface area (Å²) in [6.45, 7) is 0. The third-order valence-corrected chi connectivity index (χ3v) is 5.90. The third kappa shape index (κ3) is 4.67. The zero-order valence-electron chi connectivity index (χ0n) is 14.8. The van der Waals surface area contributed by atoms with Crippen molar-refractivity contribution in [2.75, 3.05) is 5.32 Å². The summed E-state index contributed by atoms with van der Waals surface area (Å²) in [4.78, 5) is 24.5. The van der Waals surface area contributed by atoms with Gasteiger partial charge in [-0.15, -0.1) is 23.2 Å². The number of anilines is 1. The lowest BCUT2D eigenvalue weighted by Gasteiger charge is -2.19. The summed E-state index contributed by atoms with van der Waals surface area (Å²) in [5, 5.41) is 2.67. The Labute approximate surface area is 190 Å². The molecule has 0 saturated heterocycles. The molecule has 2 N–H and O–H groups in total. The number of aliphatic imine (C=N–C) groups is 1. The van der Waals surface area contributed by atoms with Crippen molar-refractivity contribution in [3.63, 3.8) is 0 Å². The van der Waals surface area contributed by atoms with E-state index in [9.17, 15) is 4.79 Å². The molecular formula is C20H14BrCl3N4O. The monoisotopic (exact) mass is 510 g/mol. The predicted octanol–water partition coefficient (Wildman–Crippen LogP) is 6.39. The molecule has 0 saturated carbocycles. The van der Waals surface area contributed by atoms with Gasteiger partial charge in [-0.3, -0.25) is 4.79 Å². The number of hydrogen-bond donors (Lipinski definition) is 2. The summed E-state index contributed by atoms with van der Waals surface area (Å²) >= 11 is 22.0. The lowest BCUT2D eigenvalue weighted by Crippen LogP contribution is -2.24. The van der Waals surface area contributed by atoms with Crippen molar-refractivity contribution in [1.29, 1.82) is 0 Å². The minimum atomic E-state index is -0.393. The second-order valence-corrected chi connectivity index (χ2v) is 8.89. The van der Waals surface area contributed by atoms with E-state index in [1.54, 1.807) is 24.3 Å². The number of carbonyl (C=O) groups is 1. The van der Waals surface area contributed by atoms with E-state index in [-0.39, 0.29) is 11.3 Å². The molecule has 148 valence electrons. The number of hydrogen-bond acceptors (Lipinski definition) is 3. The fraction of sp³-hybridized carbons (Fsp3) is 0.150. The van der Waals surface area contributed by atoms with Crippen molar-refractivity contribution in [3.05, 3.63) is 63.6 Å². The number of nitrogens with one attached hydrogen (secondary N) is 2. The van der Waals surface area contributed by atoms with Gasteiger partial charge in [-0.05, 0) is 55.0 Å². The molecular weight excluding hydrogens is 499 g/mol. The van der Waals surface area contributed by atoms with Gasteiger partial charge < -0.3 is 10.3 Å². The van der Waals surface area contributed by atoms with Gasteiger partial charge in [0.05, 0.1) is 32.5 Å². The summed E-state index contributed by atoms with van der Waals surface area (Å²) < 4.78 is 0.942. The molecule has 4 rings (SSSR count). The number of halogens is 4. The number of rotatable bonds is 3. The van der Waals surface area contributed by atoms with Gasteiger partial charge >= 0.3 is 0 Å². The number of allylic oxidation sites excluding steroid dienone is 2. The van der Waals surface area contributed by atoms with Gasteiger partial charge in [0.1, 0.15) is 0 Å². The van der Waals surface area contributed by atoms with Crippen LogP contribution in [0.4, 0.5) is 11.6 Å². The molecule has 2 atom stereocenters. The van der Waals surface area contributed by atoms with E-state index in [1.807, 2.05) is 24.3 Å². The average Bonchev–Trinajstić information content (AvgIpc) is 3.08. The molecule has 5 nitrogen and oxygen atoms in total. The van der Waals surface area contributed by atoms with Crippen molar-refractivity contribution >= 4 is 85.0 Å². The first-order chi connectivity index (χ1) is 13.9. The number of fused-ring (bicyclic) bond motifs is 1. The van der Waals surface area contributed by atoms with Crippen LogP contribution in [0.1, 0.15) is 16.8 Å². The summed E-state index contributed by atoms with van der Waals surface area (Å²) in [5.74, 6) is 0.148. The standard InChI is InChI=1S/C20H14BrCl3N4O/c21-11-2-4-13(5-3-11)25-19(29)10-1-6-16-17(7-10)27-20(26-16)28-18-14(23)8-12(22)9-15(18)24/h1-8,12,15H,9H2,(H,25,29)(H,26,27). The molecule has 0 bridgehead atoms. The zero-order valence-corrected chi connectivity index (χ0v) is 18.6. The van der Waals surface area contributed by atoms with Gasteiger partial charge in [-0.25, -0.2) is 9.98 Å². The lowest BCUT2D eigenvalue weighted by atomic mass is 10.0. The van der Waals surface area contributed by atoms with Crippen LogP contribution in [0.15, 0.2) is 63.0 Å². The van der Waals surface area contributed by atoms with Crippen LogP contribution in [0.2, 0.25) is 0 Å². The van der Waals surface area contributed by atoms with Crippen molar-refractivity contribution in [2.24, 2.45) is 4.99 Å². The van der Waals surface area contributed by atoms with E-state index < -0.39 is 5.38 Å². The van der Waals surface area contributed by atoms with Crippen LogP contribution in [-0.4, -0.2) is 32.3 Å². The van der Waals surface area contributed by atoms with E-state index in [0.717, 1.165) is 4.47 Å². The molecule has 9 heteroatoms. The number of imidazole rings is 1. The largest absolute Gasteiger partial charge is 0.322 e. The van der Waals surface area contributed by atoms with Crippen molar-refractivity contribution in [2.45, 2.75) is 17.2 Å². The van der Waals surface area contributed by atoms with E-state index >= 15 is 0 Å². The smallest absolute Gasteiger partial charge is 0.255 e. The Morgan fingerprint density at radius 2 is 1.97 bits per heavy atom. The van der Waals surface area contributed by atoms with Gasteiger partial charge in [0, 0.05) is 15.7 Å². The molecule has 29 heavy (non-hydrogen) atoms. The van der Waals surface area contributed by atoms with Gasteiger partial charge in [-0.2, -0.15) is 0 Å². The minimum Gasteiger partial charge on any atom is -0.322 e. The van der Waals surface area contributed by atoms with Gasteiger partial charge in [0.2, 0.25) is 5.95 Å². The van der Waals surface area contributed by atoms with Crippen LogP contribution in [-0.2, 0) is 0 Å². The summed E-state index contributed by atoms with van der Waals surface area (Å²) in [6, 6.07) is 12.6. The highest BCUT2D eigenvalue weighted by Gasteiger charge is 2.25. The number of alkyl halides is 2. The first kappa shape index (κ1) is 20.4. The number of aromatic amines is 1. The number of H-pyrrole nitrogens is 1. The number of amides is 1. The Balaban J connectivity index is 1.59. The predicted molar refractivity (Wildman–Crippen MR) is 123 cm³/mol. The van der Waals surface area contributed by atoms with E-state index in [4.69, 9.17) is 34.8 Å². The van der Waals surface area contributed by atoms with Gasteiger partial charge in [0.15, 0.2) is 0 Å². The summed E-state index contributed by atoms with van der Waals surface area (Å²) in [7, 11) is 0. The summed E-state index contributed by atoms with van der Waals surface area (Å²) in [6.07, 6.45) is 2.26. The van der Waals surface area contributed by atoms with Gasteiger partial charge in [-0.1, -0.05) is 27.5 Å². The molecule has 2 unspecified atom stereocenters. The Bertz CT molecular complexity index is 1140. The molecule has 0 aliphatic heterocycles. The first-order valence-corrected chi connectivity index (χ1v) is 10.7. The van der Waals surface area contributed by atoms with E-state index in [2.05, 4.69) is 36.2 Å². The molecule has 0 spiro atoms. The van der Waals surface area contributed by atoms with Crippen LogP contribution in [0.3, 0.4) is 0 Å². The normalized spacial score (nSPS) is 20.7. The fourth-order valence-electron chi connectivity index (χ4n) is 2.94. The minimum absolute atomic E-state index is 0.216. The van der Waals surface area contributed by atoms with Crippen molar-refractivity contribution < 1.29 is 4.79 Å². The molecule has 2 aromatic carbocycles. The Morgan fingerprint density at radius 3 is 2.69 bits per heavy atom. The third-order valence-electron chi connectivity index (χ3n) is 4.36. The second kappa shape index (κ2) is 8.48. The Kier molecular flexibility index (Phi) is 5.97. The van der Waals surface area contributed by atoms with Crippen molar-refractivity contribution in [3.8, 4) is 0 Å². The maximum Gasteiger partial charge on any atom is 0.255 e. The molecule has 3 aromatic rings. The molecule has 1 aromatic heterocycles. The van der Waals surface area contributed by atoms with Gasteiger partial charge in [0.25, 0.3) is 5.91 Å². The van der Waals surface area contributed by atoms with Crippen LogP contribution < -0.4 is 5.32 Å². The molecule has 1 aliphatic rings. The second-order valence-electron chi connectivity index (χ2n) is 6.48. The summed E-state index contributed by atoms with van der Waals surface area (Å²) in [5.41, 5.74) is 3.10.